The Bertz CT molecular complexity index is 737. The number of aromatic nitrogens is 1. The number of ether oxygens (including phenoxy) is 1. The minimum absolute atomic E-state index is 0.210. The van der Waals surface area contributed by atoms with Gasteiger partial charge in [0.2, 0.25) is 5.88 Å². The molecule has 2 aliphatic carbocycles. The first-order valence-electron chi connectivity index (χ1n) is 9.51. The first-order valence-corrected chi connectivity index (χ1v) is 9.51. The summed E-state index contributed by atoms with van der Waals surface area (Å²) in [6, 6.07) is 2.87. The van der Waals surface area contributed by atoms with Crippen molar-refractivity contribution in [1.82, 2.24) is 9.88 Å². The molecule has 1 amide bonds. The van der Waals surface area contributed by atoms with Crippen LogP contribution < -0.4 is 4.74 Å². The van der Waals surface area contributed by atoms with Crippen molar-refractivity contribution >= 4 is 11.9 Å². The fourth-order valence-corrected chi connectivity index (χ4v) is 3.72. The number of carbonyl (C=O) groups excluding carboxylic acids is 1. The molecule has 2 saturated carbocycles. The summed E-state index contributed by atoms with van der Waals surface area (Å²) in [7, 11) is 0. The Balaban J connectivity index is 1.58. The topological polar surface area (TPSA) is 79.7 Å². The summed E-state index contributed by atoms with van der Waals surface area (Å²) in [6.07, 6.45) is 5.12. The van der Waals surface area contributed by atoms with E-state index in [0.717, 1.165) is 18.4 Å². The molecule has 4 rings (SSSR count). The van der Waals surface area contributed by atoms with E-state index in [1.54, 1.807) is 6.07 Å². The maximum Gasteiger partial charge on any atom is 0.326 e. The maximum atomic E-state index is 13.0. The lowest BCUT2D eigenvalue weighted by atomic mass is 9.91. The number of hydrogen-bond acceptors (Lipinski definition) is 4. The van der Waals surface area contributed by atoms with Crippen molar-refractivity contribution in [2.24, 2.45) is 11.3 Å². The number of pyridine rings is 1. The van der Waals surface area contributed by atoms with Crippen LogP contribution in [0.4, 0.5) is 0 Å². The summed E-state index contributed by atoms with van der Waals surface area (Å²) in [5.41, 5.74) is 1.15. The van der Waals surface area contributed by atoms with Crippen LogP contribution in [0.1, 0.15) is 67.9 Å². The lowest BCUT2D eigenvalue weighted by Crippen LogP contribution is -2.41. The molecule has 1 atom stereocenters. The maximum absolute atomic E-state index is 13.0. The average Bonchev–Trinajstić information content (AvgIpc) is 3.49. The number of rotatable bonds is 6. The van der Waals surface area contributed by atoms with E-state index < -0.39 is 12.0 Å². The van der Waals surface area contributed by atoms with Crippen LogP contribution in [-0.2, 0) is 4.79 Å². The lowest BCUT2D eigenvalue weighted by Gasteiger charge is -2.22. The van der Waals surface area contributed by atoms with Gasteiger partial charge < -0.3 is 14.7 Å². The highest BCUT2D eigenvalue weighted by atomic mass is 16.5. The van der Waals surface area contributed by atoms with Crippen LogP contribution in [0.15, 0.2) is 12.1 Å². The SMILES string of the molecule is CC1(C)CC(C(=O)O)N(C(=O)c2ccc(C3CC3)c(OCC3CC3)n2)C1. The fourth-order valence-electron chi connectivity index (χ4n) is 3.72. The Kier molecular flexibility index (Phi) is 4.16. The molecule has 1 saturated heterocycles. The van der Waals surface area contributed by atoms with Gasteiger partial charge in [0.15, 0.2) is 0 Å². The molecular formula is C20H26N2O4. The number of amides is 1. The molecule has 140 valence electrons. The molecule has 1 N–H and O–H groups in total. The third-order valence-corrected chi connectivity index (χ3v) is 5.55. The molecule has 0 radical (unpaired) electrons. The summed E-state index contributed by atoms with van der Waals surface area (Å²) in [4.78, 5) is 30.6. The van der Waals surface area contributed by atoms with Crippen LogP contribution >= 0.6 is 0 Å². The van der Waals surface area contributed by atoms with E-state index in [0.29, 0.717) is 37.3 Å². The Labute approximate surface area is 153 Å². The first kappa shape index (κ1) is 17.3. The second-order valence-corrected chi connectivity index (χ2v) is 8.77. The lowest BCUT2D eigenvalue weighted by molar-refractivity contribution is -0.141. The Morgan fingerprint density at radius 1 is 1.27 bits per heavy atom. The van der Waals surface area contributed by atoms with Gasteiger partial charge in [0.1, 0.15) is 11.7 Å². The average molecular weight is 358 g/mol. The molecule has 1 aromatic rings. The van der Waals surface area contributed by atoms with Gasteiger partial charge in [0.05, 0.1) is 6.61 Å². The van der Waals surface area contributed by atoms with Crippen LogP contribution in [0.5, 0.6) is 5.88 Å². The summed E-state index contributed by atoms with van der Waals surface area (Å²) in [6.45, 7) is 5.06. The van der Waals surface area contributed by atoms with E-state index in [-0.39, 0.29) is 17.0 Å². The molecule has 0 aromatic carbocycles. The molecule has 3 aliphatic rings. The molecule has 1 aromatic heterocycles. The van der Waals surface area contributed by atoms with E-state index in [4.69, 9.17) is 4.74 Å². The van der Waals surface area contributed by atoms with Crippen molar-refractivity contribution in [3.05, 3.63) is 23.4 Å². The van der Waals surface area contributed by atoms with Gasteiger partial charge in [0.25, 0.3) is 5.91 Å². The van der Waals surface area contributed by atoms with Gasteiger partial charge >= 0.3 is 5.97 Å². The fraction of sp³-hybridized carbons (Fsp3) is 0.650. The highest BCUT2D eigenvalue weighted by molar-refractivity contribution is 5.95. The zero-order chi connectivity index (χ0) is 18.5. The molecule has 6 heteroatoms. The van der Waals surface area contributed by atoms with Crippen molar-refractivity contribution in [3.63, 3.8) is 0 Å². The number of hydrogen-bond donors (Lipinski definition) is 1. The summed E-state index contributed by atoms with van der Waals surface area (Å²) < 4.78 is 5.93. The van der Waals surface area contributed by atoms with Gasteiger partial charge in [-0.15, -0.1) is 0 Å². The van der Waals surface area contributed by atoms with Crippen LogP contribution in [0.3, 0.4) is 0 Å². The smallest absolute Gasteiger partial charge is 0.326 e. The van der Waals surface area contributed by atoms with Crippen LogP contribution in [-0.4, -0.2) is 46.1 Å². The second-order valence-electron chi connectivity index (χ2n) is 8.77. The summed E-state index contributed by atoms with van der Waals surface area (Å²) in [5, 5.41) is 9.50. The molecule has 3 fully saturated rings. The molecular weight excluding hydrogens is 332 g/mol. The van der Waals surface area contributed by atoms with Gasteiger partial charge in [0, 0.05) is 12.1 Å². The van der Waals surface area contributed by atoms with Crippen molar-refractivity contribution in [1.29, 1.82) is 0 Å². The Morgan fingerprint density at radius 2 is 2.00 bits per heavy atom. The molecule has 1 aliphatic heterocycles. The minimum Gasteiger partial charge on any atom is -0.480 e. The largest absolute Gasteiger partial charge is 0.480 e. The van der Waals surface area contributed by atoms with Crippen LogP contribution in [0, 0.1) is 11.3 Å². The molecule has 0 spiro atoms. The number of carboxylic acid groups (broad SMARTS) is 1. The van der Waals surface area contributed by atoms with E-state index in [1.165, 1.54) is 17.7 Å². The van der Waals surface area contributed by atoms with Crippen molar-refractivity contribution < 1.29 is 19.4 Å². The molecule has 1 unspecified atom stereocenters. The monoisotopic (exact) mass is 358 g/mol. The quantitative estimate of drug-likeness (QED) is 0.845. The molecule has 6 nitrogen and oxygen atoms in total. The van der Waals surface area contributed by atoms with Gasteiger partial charge in [-0.1, -0.05) is 19.9 Å². The van der Waals surface area contributed by atoms with E-state index in [9.17, 15) is 14.7 Å². The number of carboxylic acids is 1. The van der Waals surface area contributed by atoms with Gasteiger partial charge in [-0.2, -0.15) is 0 Å². The summed E-state index contributed by atoms with van der Waals surface area (Å²) in [5.74, 6) is 0.387. The first-order chi connectivity index (χ1) is 12.3. The molecule has 26 heavy (non-hydrogen) atoms. The van der Waals surface area contributed by atoms with E-state index in [1.807, 2.05) is 19.9 Å². The number of carbonyl (C=O) groups is 2. The highest BCUT2D eigenvalue weighted by Gasteiger charge is 2.44. The van der Waals surface area contributed by atoms with Crippen LogP contribution in [0.25, 0.3) is 0 Å². The third kappa shape index (κ3) is 3.55. The van der Waals surface area contributed by atoms with Gasteiger partial charge in [-0.25, -0.2) is 9.78 Å². The normalized spacial score (nSPS) is 24.5. The van der Waals surface area contributed by atoms with Gasteiger partial charge in [-0.3, -0.25) is 4.79 Å². The third-order valence-electron chi connectivity index (χ3n) is 5.55. The minimum atomic E-state index is -0.955. The predicted octanol–water partition coefficient (Wildman–Crippen LogP) is 3.07. The van der Waals surface area contributed by atoms with Crippen molar-refractivity contribution in [2.75, 3.05) is 13.2 Å². The van der Waals surface area contributed by atoms with Gasteiger partial charge in [-0.05, 0) is 55.4 Å². The second kappa shape index (κ2) is 6.25. The standard InChI is InChI=1S/C20H26N2O4/c1-20(2)9-16(19(24)25)22(11-20)18(23)15-8-7-14(13-5-6-13)17(21-15)26-10-12-3-4-12/h7-8,12-13,16H,3-6,9-11H2,1-2H3,(H,24,25). The zero-order valence-electron chi connectivity index (χ0n) is 15.4. The highest BCUT2D eigenvalue weighted by Crippen LogP contribution is 2.44. The number of nitrogens with zero attached hydrogens (tertiary/aromatic N) is 2. The van der Waals surface area contributed by atoms with E-state index >= 15 is 0 Å². The predicted molar refractivity (Wildman–Crippen MR) is 95.3 cm³/mol. The molecule has 2 heterocycles. The number of likely N-dealkylation sites (tertiary alicyclic amines) is 1. The van der Waals surface area contributed by atoms with Crippen molar-refractivity contribution in [2.45, 2.75) is 57.9 Å². The summed E-state index contributed by atoms with van der Waals surface area (Å²) >= 11 is 0. The Morgan fingerprint density at radius 3 is 2.62 bits per heavy atom. The van der Waals surface area contributed by atoms with Crippen LogP contribution in [0.2, 0.25) is 0 Å². The molecule has 0 bridgehead atoms. The van der Waals surface area contributed by atoms with Crippen molar-refractivity contribution in [3.8, 4) is 5.88 Å². The Hall–Kier alpha value is -2.11. The van der Waals surface area contributed by atoms with E-state index in [2.05, 4.69) is 4.98 Å². The number of aliphatic carboxylic acids is 1. The zero-order valence-corrected chi connectivity index (χ0v) is 15.4.